The van der Waals surface area contributed by atoms with Crippen LogP contribution in [-0.2, 0) is 0 Å². The molecule has 0 fully saturated rings. The SMILES string of the molecule is CCC(CSC)NC(N)=NCC(C)C. The molecule has 0 spiro atoms. The Labute approximate surface area is 91.9 Å². The van der Waals surface area contributed by atoms with Gasteiger partial charge in [0.1, 0.15) is 0 Å². The van der Waals surface area contributed by atoms with E-state index in [1.807, 2.05) is 11.8 Å². The minimum Gasteiger partial charge on any atom is -0.370 e. The molecule has 0 saturated heterocycles. The van der Waals surface area contributed by atoms with Crippen molar-refractivity contribution in [3.8, 4) is 0 Å². The molecule has 1 atom stereocenters. The third kappa shape index (κ3) is 7.06. The number of thioether (sulfide) groups is 1. The molecule has 0 bridgehead atoms. The summed E-state index contributed by atoms with van der Waals surface area (Å²) in [4.78, 5) is 4.27. The van der Waals surface area contributed by atoms with Crippen LogP contribution in [0, 0.1) is 5.92 Å². The van der Waals surface area contributed by atoms with Crippen LogP contribution < -0.4 is 11.1 Å². The van der Waals surface area contributed by atoms with Crippen molar-refractivity contribution in [3.05, 3.63) is 0 Å². The van der Waals surface area contributed by atoms with Crippen molar-refractivity contribution < 1.29 is 0 Å². The quantitative estimate of drug-likeness (QED) is 0.526. The van der Waals surface area contributed by atoms with E-state index in [4.69, 9.17) is 5.73 Å². The van der Waals surface area contributed by atoms with Crippen LogP contribution in [0.25, 0.3) is 0 Å². The monoisotopic (exact) mass is 217 g/mol. The molecule has 0 radical (unpaired) electrons. The fourth-order valence-corrected chi connectivity index (χ4v) is 1.72. The summed E-state index contributed by atoms with van der Waals surface area (Å²) in [5.41, 5.74) is 5.76. The van der Waals surface area contributed by atoms with Crippen LogP contribution in [0.4, 0.5) is 0 Å². The second-order valence-corrected chi connectivity index (χ2v) is 4.74. The molecule has 0 aliphatic carbocycles. The van der Waals surface area contributed by atoms with E-state index in [2.05, 4.69) is 37.3 Å². The number of nitrogens with two attached hydrogens (primary N) is 1. The van der Waals surface area contributed by atoms with E-state index in [9.17, 15) is 0 Å². The molecule has 0 rings (SSSR count). The van der Waals surface area contributed by atoms with Crippen LogP contribution in [-0.4, -0.2) is 30.6 Å². The first-order chi connectivity index (χ1) is 6.60. The van der Waals surface area contributed by atoms with Gasteiger partial charge < -0.3 is 11.1 Å². The smallest absolute Gasteiger partial charge is 0.188 e. The van der Waals surface area contributed by atoms with Crippen LogP contribution in [0.2, 0.25) is 0 Å². The lowest BCUT2D eigenvalue weighted by atomic mass is 10.2. The highest BCUT2D eigenvalue weighted by Gasteiger charge is 2.05. The molecule has 0 amide bonds. The van der Waals surface area contributed by atoms with Crippen molar-refractivity contribution in [2.24, 2.45) is 16.6 Å². The van der Waals surface area contributed by atoms with Gasteiger partial charge in [-0.25, -0.2) is 0 Å². The van der Waals surface area contributed by atoms with Crippen LogP contribution in [0.3, 0.4) is 0 Å². The van der Waals surface area contributed by atoms with E-state index < -0.39 is 0 Å². The van der Waals surface area contributed by atoms with E-state index in [0.29, 0.717) is 17.9 Å². The average Bonchev–Trinajstić information content (AvgIpc) is 2.14. The van der Waals surface area contributed by atoms with Crippen molar-refractivity contribution in [2.75, 3.05) is 18.6 Å². The minimum absolute atomic E-state index is 0.445. The lowest BCUT2D eigenvalue weighted by Gasteiger charge is -2.16. The molecule has 0 aliphatic heterocycles. The summed E-state index contributed by atoms with van der Waals surface area (Å²) >= 11 is 1.83. The second-order valence-electron chi connectivity index (χ2n) is 3.82. The van der Waals surface area contributed by atoms with Crippen molar-refractivity contribution in [3.63, 3.8) is 0 Å². The topological polar surface area (TPSA) is 50.4 Å². The highest BCUT2D eigenvalue weighted by molar-refractivity contribution is 7.98. The third-order valence-electron chi connectivity index (χ3n) is 1.84. The maximum atomic E-state index is 5.76. The van der Waals surface area contributed by atoms with Gasteiger partial charge >= 0.3 is 0 Å². The molecule has 84 valence electrons. The molecule has 0 aromatic carbocycles. The van der Waals surface area contributed by atoms with Crippen molar-refractivity contribution in [2.45, 2.75) is 33.2 Å². The predicted octanol–water partition coefficient (Wildman–Crippen LogP) is 1.69. The molecule has 0 aromatic rings. The molecule has 0 aromatic heterocycles. The number of hydrogen-bond acceptors (Lipinski definition) is 2. The Morgan fingerprint density at radius 2 is 2.14 bits per heavy atom. The molecule has 1 unspecified atom stereocenters. The Hall–Kier alpha value is -0.380. The maximum absolute atomic E-state index is 5.76. The summed E-state index contributed by atoms with van der Waals surface area (Å²) in [6, 6.07) is 0.445. The third-order valence-corrected chi connectivity index (χ3v) is 2.58. The first-order valence-corrected chi connectivity index (χ1v) is 6.54. The minimum atomic E-state index is 0.445. The molecule has 0 saturated carbocycles. The van der Waals surface area contributed by atoms with Crippen molar-refractivity contribution in [1.82, 2.24) is 5.32 Å². The molecule has 3 N–H and O–H groups in total. The molecule has 0 aliphatic rings. The fraction of sp³-hybridized carbons (Fsp3) is 0.900. The van der Waals surface area contributed by atoms with Crippen LogP contribution >= 0.6 is 11.8 Å². The van der Waals surface area contributed by atoms with Crippen molar-refractivity contribution >= 4 is 17.7 Å². The van der Waals surface area contributed by atoms with Gasteiger partial charge in [-0.2, -0.15) is 11.8 Å². The number of nitrogens with zero attached hydrogens (tertiary/aromatic N) is 1. The van der Waals surface area contributed by atoms with E-state index in [0.717, 1.165) is 18.7 Å². The first kappa shape index (κ1) is 13.6. The molecular formula is C10H23N3S. The molecule has 4 heteroatoms. The predicted molar refractivity (Wildman–Crippen MR) is 66.9 cm³/mol. The standard InChI is InChI=1S/C10H23N3S/c1-5-9(7-14-4)13-10(11)12-6-8(2)3/h8-9H,5-7H2,1-4H3,(H3,11,12,13). The molecular weight excluding hydrogens is 194 g/mol. The number of rotatable bonds is 6. The lowest BCUT2D eigenvalue weighted by molar-refractivity contribution is 0.630. The first-order valence-electron chi connectivity index (χ1n) is 5.15. The summed E-state index contributed by atoms with van der Waals surface area (Å²) < 4.78 is 0. The summed E-state index contributed by atoms with van der Waals surface area (Å²) in [6.45, 7) is 7.23. The van der Waals surface area contributed by atoms with Gasteiger partial charge in [-0.05, 0) is 18.6 Å². The Balaban J connectivity index is 3.87. The Morgan fingerprint density at radius 3 is 2.57 bits per heavy atom. The zero-order valence-corrected chi connectivity index (χ0v) is 10.5. The largest absolute Gasteiger partial charge is 0.370 e. The summed E-state index contributed by atoms with van der Waals surface area (Å²) in [5, 5.41) is 3.23. The highest BCUT2D eigenvalue weighted by atomic mass is 32.2. The van der Waals surface area contributed by atoms with Gasteiger partial charge in [0.2, 0.25) is 0 Å². The lowest BCUT2D eigenvalue weighted by Crippen LogP contribution is -2.41. The normalized spacial score (nSPS) is 14.5. The van der Waals surface area contributed by atoms with Gasteiger partial charge in [0.25, 0.3) is 0 Å². The van der Waals surface area contributed by atoms with Crippen molar-refractivity contribution in [1.29, 1.82) is 0 Å². The van der Waals surface area contributed by atoms with Gasteiger partial charge in [0.15, 0.2) is 5.96 Å². The van der Waals surface area contributed by atoms with Crippen LogP contribution in [0.5, 0.6) is 0 Å². The maximum Gasteiger partial charge on any atom is 0.188 e. The number of guanidine groups is 1. The molecule has 3 nitrogen and oxygen atoms in total. The van der Waals surface area contributed by atoms with Crippen LogP contribution in [0.15, 0.2) is 4.99 Å². The Morgan fingerprint density at radius 1 is 1.50 bits per heavy atom. The van der Waals surface area contributed by atoms with E-state index >= 15 is 0 Å². The van der Waals surface area contributed by atoms with E-state index in [1.54, 1.807) is 0 Å². The number of nitrogens with one attached hydrogen (secondary N) is 1. The second kappa shape index (κ2) is 7.97. The van der Waals surface area contributed by atoms with E-state index in [1.165, 1.54) is 0 Å². The number of aliphatic imine (C=N–C) groups is 1. The highest BCUT2D eigenvalue weighted by Crippen LogP contribution is 2.00. The van der Waals surface area contributed by atoms with E-state index in [-0.39, 0.29) is 0 Å². The summed E-state index contributed by atoms with van der Waals surface area (Å²) in [7, 11) is 0. The van der Waals surface area contributed by atoms with Crippen LogP contribution in [0.1, 0.15) is 27.2 Å². The Bertz CT molecular complexity index is 169. The summed E-state index contributed by atoms with van der Waals surface area (Å²) in [5.74, 6) is 2.23. The zero-order valence-electron chi connectivity index (χ0n) is 9.71. The van der Waals surface area contributed by atoms with Gasteiger partial charge in [0, 0.05) is 18.3 Å². The van der Waals surface area contributed by atoms with Gasteiger partial charge in [0.05, 0.1) is 0 Å². The number of hydrogen-bond donors (Lipinski definition) is 2. The fourth-order valence-electron chi connectivity index (χ4n) is 0.998. The average molecular weight is 217 g/mol. The molecule has 0 heterocycles. The van der Waals surface area contributed by atoms with Gasteiger partial charge in [-0.3, -0.25) is 4.99 Å². The Kier molecular flexibility index (Phi) is 7.76. The van der Waals surface area contributed by atoms with Gasteiger partial charge in [-0.15, -0.1) is 0 Å². The van der Waals surface area contributed by atoms with Gasteiger partial charge in [-0.1, -0.05) is 20.8 Å². The zero-order chi connectivity index (χ0) is 11.0. The summed E-state index contributed by atoms with van der Waals surface area (Å²) in [6.07, 6.45) is 3.19. The molecule has 14 heavy (non-hydrogen) atoms.